The maximum Gasteiger partial charge on any atom is 0.262 e. The molecule has 1 unspecified atom stereocenters. The summed E-state index contributed by atoms with van der Waals surface area (Å²) in [5, 5.41) is 5.11. The van der Waals surface area contributed by atoms with Crippen LogP contribution in [0, 0.1) is 17.8 Å². The number of nitrogens with one attached hydrogen (secondary N) is 1. The monoisotopic (exact) mass is 289 g/mol. The third kappa shape index (κ3) is 2.73. The first-order chi connectivity index (χ1) is 9.78. The molecule has 4 heterocycles. The minimum atomic E-state index is 0.0140. The third-order valence-electron chi connectivity index (χ3n) is 4.17. The van der Waals surface area contributed by atoms with Gasteiger partial charge in [0.25, 0.3) is 5.91 Å². The first kappa shape index (κ1) is 13.6. The Hall–Kier alpha value is -1.35. The van der Waals surface area contributed by atoms with Crippen molar-refractivity contribution in [3.63, 3.8) is 0 Å². The van der Waals surface area contributed by atoms with Crippen molar-refractivity contribution in [2.45, 2.75) is 18.9 Å². The number of hydrogen-bond acceptors (Lipinski definition) is 4. The number of fused-ring (bicyclic) bond motifs is 3. The number of carbonyl (C=O) groups is 1. The lowest BCUT2D eigenvalue weighted by Crippen LogP contribution is -2.57. The van der Waals surface area contributed by atoms with E-state index in [1.54, 1.807) is 0 Å². The number of rotatable bonds is 2. The Bertz CT molecular complexity index is 549. The molecule has 106 valence electrons. The van der Waals surface area contributed by atoms with Gasteiger partial charge in [-0.25, -0.2) is 0 Å². The molecule has 0 saturated carbocycles. The summed E-state index contributed by atoms with van der Waals surface area (Å²) in [5.74, 6) is 6.44. The van der Waals surface area contributed by atoms with Crippen molar-refractivity contribution in [3.8, 4) is 11.8 Å². The first-order valence-electron chi connectivity index (χ1n) is 7.07. The van der Waals surface area contributed by atoms with Crippen molar-refractivity contribution >= 4 is 17.2 Å². The molecule has 2 bridgehead atoms. The largest absolute Gasteiger partial charge is 0.347 e. The average Bonchev–Trinajstić information content (AvgIpc) is 2.95. The summed E-state index contributed by atoms with van der Waals surface area (Å²) in [6, 6.07) is 2.18. The molecule has 5 heteroatoms. The third-order valence-corrected chi connectivity index (χ3v) is 5.08. The van der Waals surface area contributed by atoms with Crippen molar-refractivity contribution < 1.29 is 4.79 Å². The molecule has 4 nitrogen and oxygen atoms in total. The second-order valence-electron chi connectivity index (χ2n) is 5.39. The lowest BCUT2D eigenvalue weighted by Gasteiger charge is -2.44. The van der Waals surface area contributed by atoms with E-state index >= 15 is 0 Å². The van der Waals surface area contributed by atoms with Crippen molar-refractivity contribution in [1.29, 1.82) is 0 Å². The van der Waals surface area contributed by atoms with Gasteiger partial charge < -0.3 is 16.0 Å². The molecule has 1 amide bonds. The zero-order chi connectivity index (χ0) is 13.9. The maximum absolute atomic E-state index is 12.4. The maximum atomic E-state index is 12.4. The number of thiophene rings is 1. The summed E-state index contributed by atoms with van der Waals surface area (Å²) < 4.78 is 0. The number of amides is 1. The van der Waals surface area contributed by atoms with Crippen molar-refractivity contribution in [2.24, 2.45) is 11.7 Å². The smallest absolute Gasteiger partial charge is 0.262 e. The van der Waals surface area contributed by atoms with E-state index in [0.29, 0.717) is 23.4 Å². The second-order valence-corrected chi connectivity index (χ2v) is 6.30. The lowest BCUT2D eigenvalue weighted by molar-refractivity contribution is 0.0622. The fourth-order valence-corrected chi connectivity index (χ4v) is 3.84. The van der Waals surface area contributed by atoms with Crippen molar-refractivity contribution in [2.75, 3.05) is 26.2 Å². The van der Waals surface area contributed by atoms with Crippen LogP contribution < -0.4 is 11.1 Å². The molecule has 3 fully saturated rings. The van der Waals surface area contributed by atoms with Gasteiger partial charge in [-0.2, -0.15) is 0 Å². The zero-order valence-electron chi connectivity index (χ0n) is 11.4. The molecular weight excluding hydrogens is 270 g/mol. The molecule has 3 N–H and O–H groups in total. The van der Waals surface area contributed by atoms with Gasteiger partial charge in [-0.05, 0) is 43.3 Å². The second kappa shape index (κ2) is 5.96. The molecule has 0 aliphatic carbocycles. The van der Waals surface area contributed by atoms with E-state index in [0.717, 1.165) is 12.1 Å². The zero-order valence-corrected chi connectivity index (χ0v) is 12.2. The molecule has 3 aliphatic heterocycles. The summed E-state index contributed by atoms with van der Waals surface area (Å²) in [5.41, 5.74) is 6.18. The number of hydrogen-bond donors (Lipinski definition) is 2. The Kier molecular flexibility index (Phi) is 4.06. The quantitative estimate of drug-likeness (QED) is 0.795. The highest BCUT2D eigenvalue weighted by Gasteiger charge is 2.35. The normalized spacial score (nSPS) is 27.8. The summed E-state index contributed by atoms with van der Waals surface area (Å²) in [6.07, 6.45) is 2.41. The van der Waals surface area contributed by atoms with Crippen LogP contribution in [0.15, 0.2) is 11.4 Å². The van der Waals surface area contributed by atoms with E-state index in [1.165, 1.54) is 37.3 Å². The topological polar surface area (TPSA) is 58.4 Å². The molecule has 20 heavy (non-hydrogen) atoms. The molecule has 3 saturated heterocycles. The summed E-state index contributed by atoms with van der Waals surface area (Å²) in [7, 11) is 0. The lowest BCUT2D eigenvalue weighted by atomic mass is 9.84. The van der Waals surface area contributed by atoms with Crippen LogP contribution >= 0.6 is 11.3 Å². The van der Waals surface area contributed by atoms with E-state index in [2.05, 4.69) is 22.1 Å². The van der Waals surface area contributed by atoms with E-state index in [-0.39, 0.29) is 5.91 Å². The van der Waals surface area contributed by atoms with Crippen LogP contribution in [0.1, 0.15) is 28.1 Å². The van der Waals surface area contributed by atoms with Gasteiger partial charge in [0.1, 0.15) is 4.88 Å². The van der Waals surface area contributed by atoms with Gasteiger partial charge in [-0.3, -0.25) is 4.79 Å². The first-order valence-corrected chi connectivity index (χ1v) is 7.95. The minimum absolute atomic E-state index is 0.0140. The fourth-order valence-electron chi connectivity index (χ4n) is 3.09. The van der Waals surface area contributed by atoms with Crippen molar-refractivity contribution in [3.05, 3.63) is 21.9 Å². The van der Waals surface area contributed by atoms with Gasteiger partial charge >= 0.3 is 0 Å². The summed E-state index contributed by atoms with van der Waals surface area (Å²) in [4.78, 5) is 15.6. The molecule has 3 aliphatic rings. The molecule has 4 rings (SSSR count). The Labute approximate surface area is 123 Å². The van der Waals surface area contributed by atoms with Gasteiger partial charge in [0.05, 0.1) is 6.54 Å². The molecule has 1 aromatic rings. The highest BCUT2D eigenvalue weighted by molar-refractivity contribution is 7.12. The number of carbonyl (C=O) groups excluding carboxylic acids is 1. The Morgan fingerprint density at radius 1 is 1.50 bits per heavy atom. The van der Waals surface area contributed by atoms with Crippen LogP contribution in [0.25, 0.3) is 0 Å². The highest BCUT2D eigenvalue weighted by Crippen LogP contribution is 2.28. The number of nitrogens with two attached hydrogens (primary N) is 1. The average molecular weight is 289 g/mol. The van der Waals surface area contributed by atoms with Gasteiger partial charge in [-0.15, -0.1) is 11.3 Å². The molecule has 0 radical (unpaired) electrons. The number of piperidine rings is 3. The predicted octanol–water partition coefficient (Wildman–Crippen LogP) is 0.882. The van der Waals surface area contributed by atoms with Gasteiger partial charge in [0.2, 0.25) is 0 Å². The molecule has 0 spiro atoms. The SMILES string of the molecule is NCC#Cc1ccsc1C(=O)NC1CN2CCC1CC2. The predicted molar refractivity (Wildman–Crippen MR) is 80.7 cm³/mol. The standard InChI is InChI=1S/C15H19N3OS/c16-6-1-2-12-5-9-20-14(12)15(19)17-13-10-18-7-3-11(13)4-8-18/h5,9,11,13H,3-4,6-8,10,16H2,(H,17,19). The van der Waals surface area contributed by atoms with E-state index in [9.17, 15) is 4.79 Å². The number of nitrogens with zero attached hydrogens (tertiary/aromatic N) is 1. The van der Waals surface area contributed by atoms with E-state index in [1.807, 2.05) is 11.4 Å². The van der Waals surface area contributed by atoms with Crippen LogP contribution in [-0.2, 0) is 0 Å². The van der Waals surface area contributed by atoms with Crippen LogP contribution in [-0.4, -0.2) is 43.0 Å². The Morgan fingerprint density at radius 3 is 2.95 bits per heavy atom. The molecular formula is C15H19N3OS. The molecule has 1 atom stereocenters. The molecule has 0 aromatic carbocycles. The molecule has 1 aromatic heterocycles. The van der Waals surface area contributed by atoms with Crippen molar-refractivity contribution in [1.82, 2.24) is 10.2 Å². The Balaban J connectivity index is 1.69. The van der Waals surface area contributed by atoms with Crippen LogP contribution in [0.3, 0.4) is 0 Å². The van der Waals surface area contributed by atoms with Gasteiger partial charge in [0, 0.05) is 18.2 Å². The summed E-state index contributed by atoms with van der Waals surface area (Å²) >= 11 is 1.45. The van der Waals surface area contributed by atoms with Gasteiger partial charge in [0.15, 0.2) is 0 Å². The summed E-state index contributed by atoms with van der Waals surface area (Å²) in [6.45, 7) is 3.68. The Morgan fingerprint density at radius 2 is 2.30 bits per heavy atom. The fraction of sp³-hybridized carbons (Fsp3) is 0.533. The van der Waals surface area contributed by atoms with Crippen LogP contribution in [0.5, 0.6) is 0 Å². The van der Waals surface area contributed by atoms with E-state index in [4.69, 9.17) is 5.73 Å². The van der Waals surface area contributed by atoms with E-state index < -0.39 is 0 Å². The van der Waals surface area contributed by atoms with Crippen LogP contribution in [0.4, 0.5) is 0 Å². The minimum Gasteiger partial charge on any atom is -0.347 e. The van der Waals surface area contributed by atoms with Crippen LogP contribution in [0.2, 0.25) is 0 Å². The van der Waals surface area contributed by atoms with Gasteiger partial charge in [-0.1, -0.05) is 11.8 Å². The highest BCUT2D eigenvalue weighted by atomic mass is 32.1.